The molecule has 0 aliphatic carbocycles. The van der Waals surface area contributed by atoms with Crippen LogP contribution < -0.4 is 5.73 Å². The van der Waals surface area contributed by atoms with Crippen LogP contribution >= 0.6 is 0 Å². The Hall–Kier alpha value is -0.940. The van der Waals surface area contributed by atoms with Crippen molar-refractivity contribution in [3.05, 3.63) is 11.4 Å². The number of hydrogen-bond donors (Lipinski definition) is 1. The summed E-state index contributed by atoms with van der Waals surface area (Å²) < 4.78 is 2.01. The molecule has 5 heteroatoms. The molecule has 1 saturated heterocycles. The summed E-state index contributed by atoms with van der Waals surface area (Å²) in [5, 5.41) is 8.30. The van der Waals surface area contributed by atoms with Gasteiger partial charge in [0, 0.05) is 13.1 Å². The monoisotopic (exact) mass is 223 g/mol. The highest BCUT2D eigenvalue weighted by Gasteiger charge is 2.13. The van der Waals surface area contributed by atoms with Crippen LogP contribution in [-0.4, -0.2) is 39.5 Å². The molecular formula is C11H21N5. The van der Waals surface area contributed by atoms with Crippen molar-refractivity contribution in [2.45, 2.75) is 39.3 Å². The summed E-state index contributed by atoms with van der Waals surface area (Å²) in [6, 6.07) is 0. The van der Waals surface area contributed by atoms with Crippen LogP contribution in [0, 0.1) is 0 Å². The molecule has 1 aromatic rings. The molecule has 0 radical (unpaired) electrons. The molecule has 0 aromatic carbocycles. The third kappa shape index (κ3) is 2.41. The maximum absolute atomic E-state index is 5.63. The molecule has 0 unspecified atom stereocenters. The van der Waals surface area contributed by atoms with Crippen molar-refractivity contribution in [2.75, 3.05) is 19.6 Å². The predicted molar refractivity (Wildman–Crippen MR) is 63.0 cm³/mol. The van der Waals surface area contributed by atoms with E-state index < -0.39 is 0 Å². The van der Waals surface area contributed by atoms with Crippen LogP contribution in [0.2, 0.25) is 0 Å². The first-order valence-electron chi connectivity index (χ1n) is 6.18. The Labute approximate surface area is 96.6 Å². The Bertz CT molecular complexity index is 327. The van der Waals surface area contributed by atoms with E-state index in [9.17, 15) is 0 Å². The van der Waals surface area contributed by atoms with Crippen molar-refractivity contribution in [3.8, 4) is 0 Å². The fourth-order valence-corrected chi connectivity index (χ4v) is 2.34. The Morgan fingerprint density at radius 1 is 1.25 bits per heavy atom. The Morgan fingerprint density at radius 2 is 2.00 bits per heavy atom. The second kappa shape index (κ2) is 5.41. The number of nitrogens with zero attached hydrogens (tertiary/aromatic N) is 4. The topological polar surface area (TPSA) is 60.0 Å². The number of likely N-dealkylation sites (tertiary alicyclic amines) is 1. The minimum absolute atomic E-state index is 0.493. The van der Waals surface area contributed by atoms with Crippen molar-refractivity contribution in [2.24, 2.45) is 5.73 Å². The zero-order valence-electron chi connectivity index (χ0n) is 10.0. The second-order valence-corrected chi connectivity index (χ2v) is 4.31. The third-order valence-corrected chi connectivity index (χ3v) is 3.27. The van der Waals surface area contributed by atoms with Gasteiger partial charge in [-0.15, -0.1) is 5.10 Å². The maximum atomic E-state index is 5.63. The summed E-state index contributed by atoms with van der Waals surface area (Å²) in [7, 11) is 0. The van der Waals surface area contributed by atoms with Crippen molar-refractivity contribution in [1.29, 1.82) is 0 Å². The van der Waals surface area contributed by atoms with E-state index in [1.54, 1.807) is 0 Å². The second-order valence-electron chi connectivity index (χ2n) is 4.31. The van der Waals surface area contributed by atoms with Gasteiger partial charge in [0.25, 0.3) is 0 Å². The zero-order chi connectivity index (χ0) is 11.4. The number of nitrogens with two attached hydrogens (primary N) is 1. The molecule has 0 atom stereocenters. The summed E-state index contributed by atoms with van der Waals surface area (Å²) in [6.45, 7) is 7.12. The van der Waals surface area contributed by atoms with Gasteiger partial charge >= 0.3 is 0 Å². The highest BCUT2D eigenvalue weighted by molar-refractivity contribution is 5.09. The van der Waals surface area contributed by atoms with Gasteiger partial charge in [0.1, 0.15) is 0 Å². The lowest BCUT2D eigenvalue weighted by Gasteiger charge is -2.14. The normalized spacial score (nSPS) is 17.1. The van der Waals surface area contributed by atoms with Crippen molar-refractivity contribution < 1.29 is 0 Å². The van der Waals surface area contributed by atoms with Gasteiger partial charge in [-0.05, 0) is 32.4 Å². The van der Waals surface area contributed by atoms with E-state index in [-0.39, 0.29) is 0 Å². The van der Waals surface area contributed by atoms with E-state index in [0.717, 1.165) is 25.2 Å². The molecule has 1 fully saturated rings. The Morgan fingerprint density at radius 3 is 2.62 bits per heavy atom. The fourth-order valence-electron chi connectivity index (χ4n) is 2.34. The van der Waals surface area contributed by atoms with Gasteiger partial charge in [0.2, 0.25) is 0 Å². The van der Waals surface area contributed by atoms with Gasteiger partial charge in [0.05, 0.1) is 17.9 Å². The van der Waals surface area contributed by atoms with Crippen LogP contribution in [0.15, 0.2) is 0 Å². The summed E-state index contributed by atoms with van der Waals surface area (Å²) in [5.41, 5.74) is 7.78. The first-order chi connectivity index (χ1) is 7.85. The average Bonchev–Trinajstić information content (AvgIpc) is 2.94. The average molecular weight is 223 g/mol. The van der Waals surface area contributed by atoms with E-state index in [1.807, 2.05) is 4.68 Å². The van der Waals surface area contributed by atoms with Crippen LogP contribution in [0.5, 0.6) is 0 Å². The zero-order valence-corrected chi connectivity index (χ0v) is 10.0. The van der Waals surface area contributed by atoms with Crippen LogP contribution in [0.4, 0.5) is 0 Å². The minimum atomic E-state index is 0.493. The van der Waals surface area contributed by atoms with Crippen molar-refractivity contribution >= 4 is 0 Å². The van der Waals surface area contributed by atoms with Crippen molar-refractivity contribution in [3.63, 3.8) is 0 Å². The standard InChI is InChI=1S/C11H21N5/c1-2-11-10(9-12)13-14-16(11)8-7-15-5-3-4-6-15/h2-9,12H2,1H3. The summed E-state index contributed by atoms with van der Waals surface area (Å²) >= 11 is 0. The van der Waals surface area contributed by atoms with Crippen LogP contribution in [-0.2, 0) is 19.5 Å². The Balaban J connectivity index is 1.94. The molecule has 1 aromatic heterocycles. The molecule has 16 heavy (non-hydrogen) atoms. The Kier molecular flexibility index (Phi) is 3.90. The summed E-state index contributed by atoms with van der Waals surface area (Å²) in [5.74, 6) is 0. The van der Waals surface area contributed by atoms with Gasteiger partial charge in [-0.1, -0.05) is 12.1 Å². The van der Waals surface area contributed by atoms with Crippen molar-refractivity contribution in [1.82, 2.24) is 19.9 Å². The van der Waals surface area contributed by atoms with Crippen LogP contribution in [0.25, 0.3) is 0 Å². The van der Waals surface area contributed by atoms with Gasteiger partial charge < -0.3 is 10.6 Å². The lowest BCUT2D eigenvalue weighted by molar-refractivity contribution is 0.312. The lowest BCUT2D eigenvalue weighted by Crippen LogP contribution is -2.25. The molecule has 90 valence electrons. The van der Waals surface area contributed by atoms with E-state index in [1.165, 1.54) is 31.6 Å². The molecule has 5 nitrogen and oxygen atoms in total. The van der Waals surface area contributed by atoms with Gasteiger partial charge in [-0.25, -0.2) is 4.68 Å². The molecular weight excluding hydrogens is 202 g/mol. The quantitative estimate of drug-likeness (QED) is 0.784. The number of aromatic nitrogens is 3. The maximum Gasteiger partial charge on any atom is 0.0994 e. The van der Waals surface area contributed by atoms with Crippen LogP contribution in [0.1, 0.15) is 31.2 Å². The summed E-state index contributed by atoms with van der Waals surface area (Å²) in [6.07, 6.45) is 3.64. The molecule has 1 aliphatic heterocycles. The first kappa shape index (κ1) is 11.5. The fraction of sp³-hybridized carbons (Fsp3) is 0.818. The molecule has 1 aliphatic rings. The van der Waals surface area contributed by atoms with Gasteiger partial charge in [-0.2, -0.15) is 0 Å². The molecule has 0 saturated carbocycles. The highest BCUT2D eigenvalue weighted by Crippen LogP contribution is 2.09. The molecule has 0 bridgehead atoms. The third-order valence-electron chi connectivity index (χ3n) is 3.27. The molecule has 0 amide bonds. The van der Waals surface area contributed by atoms with Crippen LogP contribution in [0.3, 0.4) is 0 Å². The van der Waals surface area contributed by atoms with E-state index in [4.69, 9.17) is 5.73 Å². The van der Waals surface area contributed by atoms with E-state index >= 15 is 0 Å². The number of rotatable bonds is 5. The lowest BCUT2D eigenvalue weighted by atomic mass is 10.2. The van der Waals surface area contributed by atoms with E-state index in [0.29, 0.717) is 6.54 Å². The molecule has 2 rings (SSSR count). The number of hydrogen-bond acceptors (Lipinski definition) is 4. The first-order valence-corrected chi connectivity index (χ1v) is 6.18. The smallest absolute Gasteiger partial charge is 0.0994 e. The van der Waals surface area contributed by atoms with Gasteiger partial charge in [-0.3, -0.25) is 0 Å². The predicted octanol–water partition coefficient (Wildman–Crippen LogP) is 0.395. The van der Waals surface area contributed by atoms with Gasteiger partial charge in [0.15, 0.2) is 0 Å². The molecule has 2 heterocycles. The summed E-state index contributed by atoms with van der Waals surface area (Å²) in [4.78, 5) is 2.49. The van der Waals surface area contributed by atoms with E-state index in [2.05, 4.69) is 22.1 Å². The highest BCUT2D eigenvalue weighted by atomic mass is 15.4. The SMILES string of the molecule is CCc1c(CN)nnn1CCN1CCCC1. The largest absolute Gasteiger partial charge is 0.325 e. The molecule has 2 N–H and O–H groups in total. The minimum Gasteiger partial charge on any atom is -0.325 e. The molecule has 0 spiro atoms.